The average Bonchev–Trinajstić information content (AvgIpc) is 2.62. The first kappa shape index (κ1) is 18.2. The average molecular weight is 364 g/mol. The SMILES string of the molecule is COc1ccc(/C=N/NC(=O)c2cccc([N+](=O)[O-])c2)c(Cl)c1OC. The number of hydrazone groups is 1. The summed E-state index contributed by atoms with van der Waals surface area (Å²) in [6.07, 6.45) is 1.33. The Balaban J connectivity index is 2.14. The maximum Gasteiger partial charge on any atom is 0.271 e. The van der Waals surface area contributed by atoms with Crippen LogP contribution in [0.2, 0.25) is 5.02 Å². The Morgan fingerprint density at radius 2 is 2.04 bits per heavy atom. The van der Waals surface area contributed by atoms with Gasteiger partial charge in [0.2, 0.25) is 0 Å². The van der Waals surface area contributed by atoms with Crippen LogP contribution in [0.15, 0.2) is 41.5 Å². The fourth-order valence-corrected chi connectivity index (χ4v) is 2.27. The highest BCUT2D eigenvalue weighted by molar-refractivity contribution is 6.34. The first-order chi connectivity index (χ1) is 12.0. The van der Waals surface area contributed by atoms with Crippen molar-refractivity contribution in [3.05, 3.63) is 62.7 Å². The molecule has 0 aliphatic carbocycles. The smallest absolute Gasteiger partial charge is 0.271 e. The highest BCUT2D eigenvalue weighted by Crippen LogP contribution is 2.36. The van der Waals surface area contributed by atoms with Gasteiger partial charge >= 0.3 is 0 Å². The van der Waals surface area contributed by atoms with E-state index in [4.69, 9.17) is 21.1 Å². The van der Waals surface area contributed by atoms with Gasteiger partial charge in [0.15, 0.2) is 11.5 Å². The number of amides is 1. The molecule has 0 aliphatic rings. The first-order valence-electron chi connectivity index (χ1n) is 6.96. The van der Waals surface area contributed by atoms with E-state index in [9.17, 15) is 14.9 Å². The van der Waals surface area contributed by atoms with E-state index < -0.39 is 10.8 Å². The van der Waals surface area contributed by atoms with Crippen molar-refractivity contribution < 1.29 is 19.2 Å². The molecule has 0 unspecified atom stereocenters. The molecular weight excluding hydrogens is 350 g/mol. The number of halogens is 1. The number of nitrogens with one attached hydrogen (secondary N) is 1. The van der Waals surface area contributed by atoms with E-state index in [0.717, 1.165) is 6.07 Å². The highest BCUT2D eigenvalue weighted by Gasteiger charge is 2.13. The zero-order chi connectivity index (χ0) is 18.4. The minimum absolute atomic E-state index is 0.116. The zero-order valence-electron chi connectivity index (χ0n) is 13.4. The van der Waals surface area contributed by atoms with Crippen molar-refractivity contribution in [2.75, 3.05) is 14.2 Å². The molecule has 0 bridgehead atoms. The van der Waals surface area contributed by atoms with E-state index in [2.05, 4.69) is 10.5 Å². The third kappa shape index (κ3) is 4.24. The number of nitrogens with zero attached hydrogens (tertiary/aromatic N) is 2. The largest absolute Gasteiger partial charge is 0.493 e. The maximum absolute atomic E-state index is 12.0. The quantitative estimate of drug-likeness (QED) is 0.482. The maximum atomic E-state index is 12.0. The van der Waals surface area contributed by atoms with Crippen molar-refractivity contribution >= 4 is 29.4 Å². The summed E-state index contributed by atoms with van der Waals surface area (Å²) < 4.78 is 10.3. The molecule has 25 heavy (non-hydrogen) atoms. The normalized spacial score (nSPS) is 10.5. The molecule has 0 fully saturated rings. The van der Waals surface area contributed by atoms with Crippen LogP contribution in [0.3, 0.4) is 0 Å². The van der Waals surface area contributed by atoms with Gasteiger partial charge in [-0.15, -0.1) is 0 Å². The molecule has 1 amide bonds. The van der Waals surface area contributed by atoms with Gasteiger partial charge in [-0.1, -0.05) is 17.7 Å². The van der Waals surface area contributed by atoms with Crippen LogP contribution >= 0.6 is 11.6 Å². The molecule has 9 heteroatoms. The Labute approximate surface area is 148 Å². The molecule has 2 aromatic rings. The van der Waals surface area contributed by atoms with E-state index in [1.165, 1.54) is 38.6 Å². The molecule has 8 nitrogen and oxygen atoms in total. The lowest BCUT2D eigenvalue weighted by atomic mass is 10.2. The Morgan fingerprint density at radius 3 is 2.68 bits per heavy atom. The summed E-state index contributed by atoms with van der Waals surface area (Å²) in [6, 6.07) is 8.61. The van der Waals surface area contributed by atoms with Crippen molar-refractivity contribution in [2.45, 2.75) is 0 Å². The number of carbonyl (C=O) groups excluding carboxylic acids is 1. The Morgan fingerprint density at radius 1 is 1.28 bits per heavy atom. The summed E-state index contributed by atoms with van der Waals surface area (Å²) in [5.41, 5.74) is 2.72. The molecule has 1 N–H and O–H groups in total. The summed E-state index contributed by atoms with van der Waals surface area (Å²) in [7, 11) is 2.94. The van der Waals surface area contributed by atoms with Crippen LogP contribution in [0.4, 0.5) is 5.69 Å². The molecule has 0 aliphatic heterocycles. The minimum atomic E-state index is -0.587. The van der Waals surface area contributed by atoms with Crippen LogP contribution in [0.25, 0.3) is 0 Å². The summed E-state index contributed by atoms with van der Waals surface area (Å²) in [5, 5.41) is 14.8. The molecule has 0 radical (unpaired) electrons. The minimum Gasteiger partial charge on any atom is -0.493 e. The van der Waals surface area contributed by atoms with Crippen molar-refractivity contribution in [2.24, 2.45) is 5.10 Å². The second kappa shape index (κ2) is 8.11. The Bertz CT molecular complexity index is 839. The summed E-state index contributed by atoms with van der Waals surface area (Å²) >= 11 is 6.20. The van der Waals surface area contributed by atoms with Gasteiger partial charge in [-0.3, -0.25) is 14.9 Å². The highest BCUT2D eigenvalue weighted by atomic mass is 35.5. The van der Waals surface area contributed by atoms with Crippen LogP contribution in [-0.2, 0) is 0 Å². The number of non-ortho nitro benzene ring substituents is 1. The molecule has 2 rings (SSSR count). The van der Waals surface area contributed by atoms with Gasteiger partial charge in [-0.2, -0.15) is 5.10 Å². The predicted molar refractivity (Wildman–Crippen MR) is 92.7 cm³/mol. The summed E-state index contributed by atoms with van der Waals surface area (Å²) in [4.78, 5) is 22.1. The van der Waals surface area contributed by atoms with E-state index in [-0.39, 0.29) is 16.3 Å². The van der Waals surface area contributed by atoms with Gasteiger partial charge in [0.25, 0.3) is 11.6 Å². The van der Waals surface area contributed by atoms with E-state index >= 15 is 0 Å². The third-order valence-corrected chi connectivity index (χ3v) is 3.59. The molecule has 130 valence electrons. The molecule has 0 spiro atoms. The lowest BCUT2D eigenvalue weighted by Crippen LogP contribution is -2.17. The van der Waals surface area contributed by atoms with Gasteiger partial charge in [0.05, 0.1) is 30.4 Å². The van der Waals surface area contributed by atoms with E-state index in [1.807, 2.05) is 0 Å². The standard InChI is InChI=1S/C16H14ClN3O5/c1-24-13-7-6-11(14(17)15(13)25-2)9-18-19-16(21)10-4-3-5-12(8-10)20(22)23/h3-9H,1-2H3,(H,19,21)/b18-9+. The van der Waals surface area contributed by atoms with Gasteiger partial charge in [-0.25, -0.2) is 5.43 Å². The Hall–Kier alpha value is -3.13. The van der Waals surface area contributed by atoms with Crippen LogP contribution in [0.5, 0.6) is 11.5 Å². The van der Waals surface area contributed by atoms with Crippen molar-refractivity contribution in [1.29, 1.82) is 0 Å². The second-order valence-electron chi connectivity index (χ2n) is 4.71. The monoisotopic (exact) mass is 363 g/mol. The van der Waals surface area contributed by atoms with Crippen molar-refractivity contribution in [3.8, 4) is 11.5 Å². The number of hydrogen-bond donors (Lipinski definition) is 1. The lowest BCUT2D eigenvalue weighted by Gasteiger charge is -2.10. The number of ether oxygens (including phenoxy) is 2. The van der Waals surface area contributed by atoms with Crippen LogP contribution in [-0.4, -0.2) is 31.3 Å². The number of hydrogen-bond acceptors (Lipinski definition) is 6. The molecule has 0 atom stereocenters. The number of rotatable bonds is 6. The molecule has 0 heterocycles. The number of nitro benzene ring substituents is 1. The molecule has 2 aromatic carbocycles. The topological polar surface area (TPSA) is 103 Å². The van der Waals surface area contributed by atoms with Gasteiger partial charge in [-0.05, 0) is 18.2 Å². The lowest BCUT2D eigenvalue weighted by molar-refractivity contribution is -0.384. The van der Waals surface area contributed by atoms with E-state index in [1.54, 1.807) is 12.1 Å². The first-order valence-corrected chi connectivity index (χ1v) is 7.34. The van der Waals surface area contributed by atoms with Gasteiger partial charge < -0.3 is 9.47 Å². The van der Waals surface area contributed by atoms with E-state index in [0.29, 0.717) is 17.1 Å². The van der Waals surface area contributed by atoms with Crippen molar-refractivity contribution in [3.63, 3.8) is 0 Å². The molecule has 0 aromatic heterocycles. The second-order valence-corrected chi connectivity index (χ2v) is 5.09. The fraction of sp³-hybridized carbons (Fsp3) is 0.125. The van der Waals surface area contributed by atoms with Crippen LogP contribution in [0.1, 0.15) is 15.9 Å². The third-order valence-electron chi connectivity index (χ3n) is 3.20. The molecular formula is C16H14ClN3O5. The fourth-order valence-electron chi connectivity index (χ4n) is 1.99. The number of benzene rings is 2. The number of methoxy groups -OCH3 is 2. The number of carbonyl (C=O) groups is 1. The molecule has 0 saturated carbocycles. The number of nitro groups is 1. The van der Waals surface area contributed by atoms with Crippen LogP contribution < -0.4 is 14.9 Å². The zero-order valence-corrected chi connectivity index (χ0v) is 14.1. The predicted octanol–water partition coefficient (Wildman–Crippen LogP) is 3.03. The molecule has 0 saturated heterocycles. The van der Waals surface area contributed by atoms with Crippen molar-refractivity contribution in [1.82, 2.24) is 5.43 Å². The van der Waals surface area contributed by atoms with Crippen LogP contribution in [0, 0.1) is 10.1 Å². The van der Waals surface area contributed by atoms with Gasteiger partial charge in [0.1, 0.15) is 0 Å². The Kier molecular flexibility index (Phi) is 5.91. The van der Waals surface area contributed by atoms with Gasteiger partial charge in [0, 0.05) is 23.3 Å². The summed E-state index contributed by atoms with van der Waals surface area (Å²) in [5.74, 6) is 0.222. The summed E-state index contributed by atoms with van der Waals surface area (Å²) in [6.45, 7) is 0.